The lowest BCUT2D eigenvalue weighted by Crippen LogP contribution is -2.16. The largest absolute Gasteiger partial charge is 0.497 e. The zero-order valence-corrected chi connectivity index (χ0v) is 13.8. The van der Waals surface area contributed by atoms with Gasteiger partial charge in [0.1, 0.15) is 10.8 Å². The summed E-state index contributed by atoms with van der Waals surface area (Å²) in [6.07, 6.45) is 4.68. The van der Waals surface area contributed by atoms with Crippen LogP contribution in [0.4, 0.5) is 0 Å². The molecule has 118 valence electrons. The number of nitrogens with zero attached hydrogens (tertiary/aromatic N) is 2. The van der Waals surface area contributed by atoms with Crippen LogP contribution in [-0.4, -0.2) is 23.6 Å². The lowest BCUT2D eigenvalue weighted by Gasteiger charge is -2.02. The number of nitrogens with one attached hydrogen (secondary N) is 1. The van der Waals surface area contributed by atoms with E-state index >= 15 is 0 Å². The van der Waals surface area contributed by atoms with Crippen LogP contribution >= 0.6 is 11.3 Å². The van der Waals surface area contributed by atoms with Crippen molar-refractivity contribution in [1.29, 1.82) is 0 Å². The molecule has 0 saturated carbocycles. The molecule has 0 aliphatic carbocycles. The molecule has 1 aromatic carbocycles. The molecular weight excluding hydrogens is 306 g/mol. The number of thiazole rings is 1. The van der Waals surface area contributed by atoms with E-state index in [9.17, 15) is 0 Å². The molecule has 0 fully saturated rings. The highest BCUT2D eigenvalue weighted by molar-refractivity contribution is 7.15. The third-order valence-corrected chi connectivity index (χ3v) is 4.51. The minimum Gasteiger partial charge on any atom is -0.497 e. The van der Waals surface area contributed by atoms with Crippen molar-refractivity contribution in [3.63, 3.8) is 0 Å². The average Bonchev–Trinajstić information content (AvgIpc) is 3.09. The Balaban J connectivity index is 1.53. The summed E-state index contributed by atoms with van der Waals surface area (Å²) in [7, 11) is 1.68. The summed E-state index contributed by atoms with van der Waals surface area (Å²) in [5.41, 5.74) is 2.25. The number of hydrogen-bond acceptors (Lipinski definition) is 5. The summed E-state index contributed by atoms with van der Waals surface area (Å²) in [5, 5.41) is 4.51. The Morgan fingerprint density at radius 1 is 1.13 bits per heavy atom. The van der Waals surface area contributed by atoms with Gasteiger partial charge in [-0.25, -0.2) is 4.98 Å². The van der Waals surface area contributed by atoms with E-state index < -0.39 is 0 Å². The Kier molecular flexibility index (Phi) is 5.34. The van der Waals surface area contributed by atoms with Crippen molar-refractivity contribution in [2.45, 2.75) is 13.0 Å². The molecule has 0 unspecified atom stereocenters. The first-order valence-corrected chi connectivity index (χ1v) is 8.36. The lowest BCUT2D eigenvalue weighted by molar-refractivity contribution is 0.415. The van der Waals surface area contributed by atoms with Crippen molar-refractivity contribution in [2.24, 2.45) is 0 Å². The highest BCUT2D eigenvalue weighted by atomic mass is 32.1. The Morgan fingerprint density at radius 2 is 2.09 bits per heavy atom. The second-order valence-electron chi connectivity index (χ2n) is 5.10. The van der Waals surface area contributed by atoms with E-state index in [1.165, 1.54) is 0 Å². The summed E-state index contributed by atoms with van der Waals surface area (Å²) in [4.78, 5) is 9.97. The fourth-order valence-electron chi connectivity index (χ4n) is 2.26. The average molecular weight is 325 g/mol. The maximum atomic E-state index is 5.27. The van der Waals surface area contributed by atoms with Gasteiger partial charge in [0.05, 0.1) is 12.0 Å². The molecule has 3 rings (SSSR count). The van der Waals surface area contributed by atoms with Gasteiger partial charge in [0, 0.05) is 37.6 Å². The van der Waals surface area contributed by atoms with Gasteiger partial charge in [-0.1, -0.05) is 18.2 Å². The van der Waals surface area contributed by atoms with E-state index in [2.05, 4.69) is 21.4 Å². The summed E-state index contributed by atoms with van der Waals surface area (Å²) in [5.74, 6) is 0.867. The molecule has 0 amide bonds. The molecule has 5 heteroatoms. The Labute approximate surface area is 140 Å². The van der Waals surface area contributed by atoms with Gasteiger partial charge in [-0.05, 0) is 29.8 Å². The third kappa shape index (κ3) is 4.37. The van der Waals surface area contributed by atoms with Crippen molar-refractivity contribution in [1.82, 2.24) is 15.3 Å². The van der Waals surface area contributed by atoms with Crippen molar-refractivity contribution in [3.05, 3.63) is 65.6 Å². The first-order valence-electron chi connectivity index (χ1n) is 7.55. The van der Waals surface area contributed by atoms with E-state index in [0.717, 1.165) is 46.4 Å². The highest BCUT2D eigenvalue weighted by Crippen LogP contribution is 2.28. The summed E-state index contributed by atoms with van der Waals surface area (Å²) in [6.45, 7) is 1.67. The van der Waals surface area contributed by atoms with E-state index in [1.807, 2.05) is 48.8 Å². The van der Waals surface area contributed by atoms with E-state index in [-0.39, 0.29) is 0 Å². The van der Waals surface area contributed by atoms with E-state index in [1.54, 1.807) is 18.4 Å². The zero-order chi connectivity index (χ0) is 15.9. The number of pyridine rings is 1. The van der Waals surface area contributed by atoms with Crippen LogP contribution in [0.5, 0.6) is 5.75 Å². The molecule has 1 N–H and O–H groups in total. The van der Waals surface area contributed by atoms with Gasteiger partial charge >= 0.3 is 0 Å². The molecule has 0 atom stereocenters. The normalized spacial score (nSPS) is 10.7. The number of hydrogen-bond donors (Lipinski definition) is 1. The standard InChI is InChI=1S/C18H19N3OS/c1-22-16-7-4-5-14(11-16)17-12-21-18(23-17)13-19-10-8-15-6-2-3-9-20-15/h2-7,9,11-12,19H,8,10,13H2,1H3. The van der Waals surface area contributed by atoms with E-state index in [0.29, 0.717) is 0 Å². The first-order chi connectivity index (χ1) is 11.3. The van der Waals surface area contributed by atoms with Crippen molar-refractivity contribution >= 4 is 11.3 Å². The summed E-state index contributed by atoms with van der Waals surface area (Å²) < 4.78 is 5.27. The maximum absolute atomic E-state index is 5.27. The van der Waals surface area contributed by atoms with Crippen LogP contribution < -0.4 is 10.1 Å². The molecule has 2 heterocycles. The number of ether oxygens (including phenoxy) is 1. The van der Waals surface area contributed by atoms with Crippen molar-refractivity contribution in [2.75, 3.05) is 13.7 Å². The minimum absolute atomic E-state index is 0.779. The second-order valence-corrected chi connectivity index (χ2v) is 6.21. The molecule has 0 aliphatic rings. The van der Waals surface area contributed by atoms with Gasteiger partial charge in [-0.2, -0.15) is 0 Å². The van der Waals surface area contributed by atoms with Crippen LogP contribution in [0.2, 0.25) is 0 Å². The van der Waals surface area contributed by atoms with Gasteiger partial charge in [-0.3, -0.25) is 4.98 Å². The summed E-state index contributed by atoms with van der Waals surface area (Å²) in [6, 6.07) is 14.1. The molecule has 4 nitrogen and oxygen atoms in total. The molecule has 0 spiro atoms. The van der Waals surface area contributed by atoms with Gasteiger partial charge in [0.25, 0.3) is 0 Å². The number of benzene rings is 1. The summed E-state index contributed by atoms with van der Waals surface area (Å²) >= 11 is 1.71. The topological polar surface area (TPSA) is 47.0 Å². The molecule has 0 bridgehead atoms. The Morgan fingerprint density at radius 3 is 2.91 bits per heavy atom. The van der Waals surface area contributed by atoms with Gasteiger partial charge in [-0.15, -0.1) is 11.3 Å². The predicted octanol–water partition coefficient (Wildman–Crippen LogP) is 3.55. The van der Waals surface area contributed by atoms with Crippen LogP contribution in [0.15, 0.2) is 54.9 Å². The quantitative estimate of drug-likeness (QED) is 0.675. The molecule has 0 saturated heterocycles. The fourth-order valence-corrected chi connectivity index (χ4v) is 3.14. The Bertz CT molecular complexity index is 743. The highest BCUT2D eigenvalue weighted by Gasteiger charge is 2.05. The molecule has 23 heavy (non-hydrogen) atoms. The minimum atomic E-state index is 0.779. The zero-order valence-electron chi connectivity index (χ0n) is 13.0. The lowest BCUT2D eigenvalue weighted by atomic mass is 10.2. The predicted molar refractivity (Wildman–Crippen MR) is 93.7 cm³/mol. The molecule has 0 aliphatic heterocycles. The first kappa shape index (κ1) is 15.6. The van der Waals surface area contributed by atoms with Crippen molar-refractivity contribution in [3.8, 4) is 16.2 Å². The van der Waals surface area contributed by atoms with Gasteiger partial charge in [0.15, 0.2) is 0 Å². The molecular formula is C18H19N3OS. The molecule has 3 aromatic rings. The number of methoxy groups -OCH3 is 1. The third-order valence-electron chi connectivity index (χ3n) is 3.47. The van der Waals surface area contributed by atoms with Crippen LogP contribution in [0.25, 0.3) is 10.4 Å². The van der Waals surface area contributed by atoms with Crippen LogP contribution in [-0.2, 0) is 13.0 Å². The van der Waals surface area contributed by atoms with Crippen LogP contribution in [0.1, 0.15) is 10.7 Å². The monoisotopic (exact) mass is 325 g/mol. The van der Waals surface area contributed by atoms with Crippen LogP contribution in [0, 0.1) is 0 Å². The fraction of sp³-hybridized carbons (Fsp3) is 0.222. The van der Waals surface area contributed by atoms with Gasteiger partial charge in [0.2, 0.25) is 0 Å². The van der Waals surface area contributed by atoms with E-state index in [4.69, 9.17) is 4.74 Å². The molecule has 0 radical (unpaired) electrons. The van der Waals surface area contributed by atoms with Gasteiger partial charge < -0.3 is 10.1 Å². The second kappa shape index (κ2) is 7.85. The SMILES string of the molecule is COc1cccc(-c2cnc(CNCCc3ccccn3)s2)c1. The Hall–Kier alpha value is -2.24. The maximum Gasteiger partial charge on any atom is 0.119 e. The van der Waals surface area contributed by atoms with Crippen molar-refractivity contribution < 1.29 is 4.74 Å². The molecule has 2 aromatic heterocycles. The van der Waals surface area contributed by atoms with Crippen LogP contribution in [0.3, 0.4) is 0 Å². The smallest absolute Gasteiger partial charge is 0.119 e. The number of rotatable bonds is 7. The number of aromatic nitrogens is 2.